The van der Waals surface area contributed by atoms with Crippen molar-refractivity contribution in [3.05, 3.63) is 0 Å². The minimum absolute atomic E-state index is 0.108. The molecule has 0 aromatic carbocycles. The standard InChI is InChI=1S/C11H16N2O4/c1-11(10(16)17)4-5-13(6-11)9(15)7-2-3-8(14)12-7/h7H,2-6H2,1H3,(H,12,14)(H,16,17). The van der Waals surface area contributed by atoms with Gasteiger partial charge in [0.2, 0.25) is 11.8 Å². The fourth-order valence-corrected chi connectivity index (χ4v) is 2.34. The first-order chi connectivity index (χ1) is 7.92. The van der Waals surface area contributed by atoms with Crippen LogP contribution in [0, 0.1) is 5.41 Å². The molecule has 2 aliphatic rings. The van der Waals surface area contributed by atoms with Crippen molar-refractivity contribution in [1.82, 2.24) is 10.2 Å². The van der Waals surface area contributed by atoms with Crippen LogP contribution in [0.15, 0.2) is 0 Å². The second kappa shape index (κ2) is 4.01. The first-order valence-electron chi connectivity index (χ1n) is 5.74. The summed E-state index contributed by atoms with van der Waals surface area (Å²) in [5, 5.41) is 11.7. The monoisotopic (exact) mass is 240 g/mol. The van der Waals surface area contributed by atoms with Crippen molar-refractivity contribution in [3.8, 4) is 0 Å². The average molecular weight is 240 g/mol. The lowest BCUT2D eigenvalue weighted by molar-refractivity contribution is -0.147. The number of aliphatic carboxylic acids is 1. The van der Waals surface area contributed by atoms with E-state index in [1.54, 1.807) is 11.8 Å². The minimum atomic E-state index is -0.872. The molecule has 2 N–H and O–H groups in total. The Labute approximate surface area is 99.0 Å². The van der Waals surface area contributed by atoms with Gasteiger partial charge in [-0.05, 0) is 19.8 Å². The predicted molar refractivity (Wildman–Crippen MR) is 58.1 cm³/mol. The zero-order valence-corrected chi connectivity index (χ0v) is 9.73. The molecule has 2 rings (SSSR count). The van der Waals surface area contributed by atoms with Crippen molar-refractivity contribution in [2.45, 2.75) is 32.2 Å². The van der Waals surface area contributed by atoms with E-state index in [0.717, 1.165) is 0 Å². The van der Waals surface area contributed by atoms with E-state index >= 15 is 0 Å². The normalized spacial score (nSPS) is 32.6. The average Bonchev–Trinajstić information content (AvgIpc) is 2.85. The van der Waals surface area contributed by atoms with Crippen molar-refractivity contribution in [2.75, 3.05) is 13.1 Å². The van der Waals surface area contributed by atoms with Crippen molar-refractivity contribution in [2.24, 2.45) is 5.41 Å². The third-order valence-corrected chi connectivity index (χ3v) is 3.59. The van der Waals surface area contributed by atoms with E-state index < -0.39 is 17.4 Å². The number of rotatable bonds is 2. The number of hydrogen-bond donors (Lipinski definition) is 2. The summed E-state index contributed by atoms with van der Waals surface area (Å²) in [6.45, 7) is 2.33. The second-order valence-electron chi connectivity index (χ2n) is 5.03. The van der Waals surface area contributed by atoms with Gasteiger partial charge in [0.15, 0.2) is 0 Å². The molecular formula is C11H16N2O4. The van der Waals surface area contributed by atoms with Crippen LogP contribution < -0.4 is 5.32 Å². The molecule has 0 aromatic rings. The summed E-state index contributed by atoms with van der Waals surface area (Å²) >= 11 is 0. The molecule has 0 saturated carbocycles. The molecule has 17 heavy (non-hydrogen) atoms. The predicted octanol–water partition coefficient (Wildman–Crippen LogP) is -0.412. The Hall–Kier alpha value is -1.59. The van der Waals surface area contributed by atoms with Crippen molar-refractivity contribution >= 4 is 17.8 Å². The van der Waals surface area contributed by atoms with Gasteiger partial charge in [0.25, 0.3) is 0 Å². The molecule has 94 valence electrons. The molecule has 2 fully saturated rings. The maximum atomic E-state index is 12.0. The number of carboxylic acid groups (broad SMARTS) is 1. The molecule has 0 bridgehead atoms. The Morgan fingerprint density at radius 1 is 1.53 bits per heavy atom. The highest BCUT2D eigenvalue weighted by molar-refractivity contribution is 5.91. The van der Waals surface area contributed by atoms with E-state index in [2.05, 4.69) is 5.32 Å². The van der Waals surface area contributed by atoms with Gasteiger partial charge < -0.3 is 15.3 Å². The van der Waals surface area contributed by atoms with Crippen LogP contribution in [0.25, 0.3) is 0 Å². The van der Waals surface area contributed by atoms with Crippen molar-refractivity contribution in [1.29, 1.82) is 0 Å². The number of likely N-dealkylation sites (tertiary alicyclic amines) is 1. The molecule has 2 aliphatic heterocycles. The first kappa shape index (κ1) is 11.9. The number of amides is 2. The minimum Gasteiger partial charge on any atom is -0.481 e. The maximum Gasteiger partial charge on any atom is 0.311 e. The van der Waals surface area contributed by atoms with Crippen LogP contribution in [0.5, 0.6) is 0 Å². The van der Waals surface area contributed by atoms with Gasteiger partial charge in [-0.3, -0.25) is 14.4 Å². The summed E-state index contributed by atoms with van der Waals surface area (Å²) in [5.41, 5.74) is -0.849. The quantitative estimate of drug-likeness (QED) is 0.687. The van der Waals surface area contributed by atoms with Crippen LogP contribution in [-0.4, -0.2) is 46.9 Å². The van der Waals surface area contributed by atoms with Gasteiger partial charge in [-0.25, -0.2) is 0 Å². The fourth-order valence-electron chi connectivity index (χ4n) is 2.34. The SMILES string of the molecule is CC1(C(=O)O)CCN(C(=O)C2CCC(=O)N2)C1. The number of hydrogen-bond acceptors (Lipinski definition) is 3. The summed E-state index contributed by atoms with van der Waals surface area (Å²) < 4.78 is 0. The first-order valence-corrected chi connectivity index (χ1v) is 5.74. The third kappa shape index (κ3) is 2.11. The van der Waals surface area contributed by atoms with E-state index in [0.29, 0.717) is 25.8 Å². The van der Waals surface area contributed by atoms with E-state index in [9.17, 15) is 14.4 Å². The summed E-state index contributed by atoms with van der Waals surface area (Å²) in [6.07, 6.45) is 1.35. The van der Waals surface area contributed by atoms with Crippen LogP contribution in [0.4, 0.5) is 0 Å². The maximum absolute atomic E-state index is 12.0. The number of carboxylic acids is 1. The lowest BCUT2D eigenvalue weighted by Crippen LogP contribution is -2.44. The highest BCUT2D eigenvalue weighted by Gasteiger charge is 2.44. The number of nitrogens with zero attached hydrogens (tertiary/aromatic N) is 1. The van der Waals surface area contributed by atoms with Gasteiger partial charge in [0.1, 0.15) is 6.04 Å². The summed E-state index contributed by atoms with van der Waals surface area (Å²) in [4.78, 5) is 35.7. The molecule has 2 saturated heterocycles. The van der Waals surface area contributed by atoms with Crippen molar-refractivity contribution < 1.29 is 19.5 Å². The molecule has 6 heteroatoms. The van der Waals surface area contributed by atoms with E-state index in [-0.39, 0.29) is 18.4 Å². The molecule has 0 aliphatic carbocycles. The number of carbonyl (C=O) groups is 3. The van der Waals surface area contributed by atoms with Crippen molar-refractivity contribution in [3.63, 3.8) is 0 Å². The van der Waals surface area contributed by atoms with E-state index in [1.165, 1.54) is 0 Å². The van der Waals surface area contributed by atoms with Gasteiger partial charge >= 0.3 is 5.97 Å². The van der Waals surface area contributed by atoms with Gasteiger partial charge in [0.05, 0.1) is 5.41 Å². The number of carbonyl (C=O) groups excluding carboxylic acids is 2. The van der Waals surface area contributed by atoms with Gasteiger partial charge in [-0.2, -0.15) is 0 Å². The molecule has 2 heterocycles. The smallest absolute Gasteiger partial charge is 0.311 e. The lowest BCUT2D eigenvalue weighted by Gasteiger charge is -2.22. The summed E-state index contributed by atoms with van der Waals surface area (Å²) in [6, 6.07) is -0.460. The highest BCUT2D eigenvalue weighted by atomic mass is 16.4. The Morgan fingerprint density at radius 2 is 2.24 bits per heavy atom. The van der Waals surface area contributed by atoms with E-state index in [1.807, 2.05) is 0 Å². The Morgan fingerprint density at radius 3 is 2.71 bits per heavy atom. The molecule has 0 spiro atoms. The zero-order valence-electron chi connectivity index (χ0n) is 9.73. The third-order valence-electron chi connectivity index (χ3n) is 3.59. The van der Waals surface area contributed by atoms with Crippen LogP contribution in [-0.2, 0) is 14.4 Å². The zero-order chi connectivity index (χ0) is 12.6. The Kier molecular flexibility index (Phi) is 2.81. The van der Waals surface area contributed by atoms with Crippen LogP contribution in [0.3, 0.4) is 0 Å². The molecule has 6 nitrogen and oxygen atoms in total. The lowest BCUT2D eigenvalue weighted by atomic mass is 9.90. The van der Waals surface area contributed by atoms with Gasteiger partial charge in [-0.15, -0.1) is 0 Å². The Balaban J connectivity index is 1.99. The topological polar surface area (TPSA) is 86.7 Å². The van der Waals surface area contributed by atoms with Crippen LogP contribution >= 0.6 is 0 Å². The van der Waals surface area contributed by atoms with Gasteiger partial charge in [0, 0.05) is 19.5 Å². The summed E-state index contributed by atoms with van der Waals surface area (Å²) in [5.74, 6) is -1.13. The number of nitrogens with one attached hydrogen (secondary N) is 1. The van der Waals surface area contributed by atoms with E-state index in [4.69, 9.17) is 5.11 Å². The second-order valence-corrected chi connectivity index (χ2v) is 5.03. The summed E-state index contributed by atoms with van der Waals surface area (Å²) in [7, 11) is 0. The van der Waals surface area contributed by atoms with Crippen LogP contribution in [0.2, 0.25) is 0 Å². The van der Waals surface area contributed by atoms with Crippen LogP contribution in [0.1, 0.15) is 26.2 Å². The molecular weight excluding hydrogens is 224 g/mol. The molecule has 2 atom stereocenters. The molecule has 0 radical (unpaired) electrons. The molecule has 2 unspecified atom stereocenters. The van der Waals surface area contributed by atoms with Gasteiger partial charge in [-0.1, -0.05) is 0 Å². The molecule has 2 amide bonds. The fraction of sp³-hybridized carbons (Fsp3) is 0.727. The molecule has 0 aromatic heterocycles. The Bertz CT molecular complexity index is 382. The largest absolute Gasteiger partial charge is 0.481 e. The highest BCUT2D eigenvalue weighted by Crippen LogP contribution is 2.30.